The van der Waals surface area contributed by atoms with Crippen LogP contribution in [0.2, 0.25) is 0 Å². The third-order valence-corrected chi connectivity index (χ3v) is 5.70. The number of benzene rings is 2. The minimum Gasteiger partial charge on any atom is -0.323 e. The summed E-state index contributed by atoms with van der Waals surface area (Å²) in [6, 6.07) is 11.3. The first-order valence-electron chi connectivity index (χ1n) is 7.88. The summed E-state index contributed by atoms with van der Waals surface area (Å²) in [4.78, 5) is 50.2. The number of rotatable bonds is 5. The van der Waals surface area contributed by atoms with Gasteiger partial charge in [0.05, 0.1) is 10.7 Å². The Balaban J connectivity index is 2.07. The normalized spacial score (nSPS) is 16.1. The van der Waals surface area contributed by atoms with Crippen molar-refractivity contribution in [3.05, 3.63) is 68.8 Å². The number of carbonyl (C=O) groups is 2. The maximum absolute atomic E-state index is 12.2. The summed E-state index contributed by atoms with van der Waals surface area (Å²) in [7, 11) is -4.68. The van der Waals surface area contributed by atoms with Crippen molar-refractivity contribution in [1.82, 2.24) is 5.32 Å². The van der Waals surface area contributed by atoms with E-state index in [1.54, 1.807) is 6.92 Å². The molecule has 2 aromatic rings. The van der Waals surface area contributed by atoms with Crippen LogP contribution in [0.5, 0.6) is 0 Å². The van der Waals surface area contributed by atoms with Gasteiger partial charge in [-0.25, -0.2) is 9.98 Å². The molecule has 0 unspecified atom stereocenters. The van der Waals surface area contributed by atoms with Crippen LogP contribution < -0.4 is 16.0 Å². The van der Waals surface area contributed by atoms with Crippen LogP contribution >= 0.6 is 23.5 Å². The van der Waals surface area contributed by atoms with Gasteiger partial charge in [0, 0.05) is 16.1 Å². The van der Waals surface area contributed by atoms with Crippen molar-refractivity contribution in [3.63, 3.8) is 0 Å². The molecule has 0 aromatic heterocycles. The van der Waals surface area contributed by atoms with Gasteiger partial charge in [-0.1, -0.05) is 40.2 Å². The van der Waals surface area contributed by atoms with Crippen LogP contribution in [0.15, 0.2) is 56.9 Å². The summed E-state index contributed by atoms with van der Waals surface area (Å²) in [5.41, 5.74) is 0.920. The van der Waals surface area contributed by atoms with Gasteiger partial charge in [0.15, 0.2) is 0 Å². The largest absolute Gasteiger partial charge is 0.346 e. The Morgan fingerprint density at radius 1 is 1.04 bits per heavy atom. The monoisotopic (exact) mass is 451 g/mol. The van der Waals surface area contributed by atoms with Crippen molar-refractivity contribution < 1.29 is 23.9 Å². The van der Waals surface area contributed by atoms with E-state index in [1.807, 2.05) is 24.3 Å². The van der Waals surface area contributed by atoms with Gasteiger partial charge in [-0.05, 0) is 30.7 Å². The van der Waals surface area contributed by atoms with E-state index in [9.17, 15) is 23.9 Å². The number of nitrogens with one attached hydrogen (secondary N) is 1. The lowest BCUT2D eigenvalue weighted by Crippen LogP contribution is -2.40. The molecule has 1 heterocycles. The molecule has 0 saturated carbocycles. The fourth-order valence-electron chi connectivity index (χ4n) is 2.74. The third kappa shape index (κ3) is 4.28. The number of carbonyl (C=O) groups excluding carboxylic acids is 2. The predicted octanol–water partition coefficient (Wildman–Crippen LogP) is 1.28. The Bertz CT molecular complexity index is 1080. The maximum Gasteiger partial charge on any atom is 0.346 e. The zero-order chi connectivity index (χ0) is 19.8. The quantitative estimate of drug-likeness (QED) is 0.463. The molecule has 0 bridgehead atoms. The molecule has 2 aromatic carbocycles. The highest BCUT2D eigenvalue weighted by Crippen LogP contribution is 2.50. The molecule has 1 aliphatic heterocycles. The minimum absolute atomic E-state index is 0.00840. The fourth-order valence-corrected chi connectivity index (χ4v) is 3.99. The Kier molecular flexibility index (Phi) is 5.50. The molecule has 0 radical (unpaired) electrons. The van der Waals surface area contributed by atoms with E-state index >= 15 is 0 Å². The molecule has 8 nitrogen and oxygen atoms in total. The van der Waals surface area contributed by atoms with Gasteiger partial charge in [0.25, 0.3) is 0 Å². The molecule has 3 N–H and O–H groups in total. The van der Waals surface area contributed by atoms with Crippen molar-refractivity contribution in [1.29, 1.82) is 0 Å². The van der Waals surface area contributed by atoms with E-state index in [0.717, 1.165) is 10.0 Å². The molecule has 27 heavy (non-hydrogen) atoms. The molecule has 1 aliphatic rings. The van der Waals surface area contributed by atoms with Crippen molar-refractivity contribution >= 4 is 35.3 Å². The van der Waals surface area contributed by atoms with Gasteiger partial charge in [-0.3, -0.25) is 19.5 Å². The smallest absolute Gasteiger partial charge is 0.323 e. The highest BCUT2D eigenvalue weighted by molar-refractivity contribution is 9.10. The molecule has 2 amide bonds. The minimum atomic E-state index is -4.68. The first-order valence-corrected chi connectivity index (χ1v) is 10.4. The lowest BCUT2D eigenvalue weighted by atomic mass is 10.1. The van der Waals surface area contributed by atoms with E-state index in [1.165, 1.54) is 18.2 Å². The van der Waals surface area contributed by atoms with Crippen LogP contribution in [0.25, 0.3) is 0 Å². The first kappa shape index (κ1) is 19.7. The standard InChI is InChI=1S/C17H15BrN3O5P/c1-9(10-5-7-11(18)8-6-10)19-17(27(24,25)26)12-3-2-4-13-14(12)21-16(23)15(22)20-13/h2-9,17,19H,1H3,(H2,24,25,26)/t9-,17+/m0/s1. The zero-order valence-corrected chi connectivity index (χ0v) is 16.5. The molecule has 140 valence electrons. The van der Waals surface area contributed by atoms with E-state index in [-0.39, 0.29) is 16.3 Å². The van der Waals surface area contributed by atoms with Gasteiger partial charge in [-0.2, -0.15) is 0 Å². The van der Waals surface area contributed by atoms with Crippen molar-refractivity contribution in [2.75, 3.05) is 0 Å². The van der Waals surface area contributed by atoms with Crippen LogP contribution in [0, 0.1) is 0 Å². The number of nitrogens with zero attached hydrogens (tertiary/aromatic N) is 2. The van der Waals surface area contributed by atoms with Crippen molar-refractivity contribution in [3.8, 4) is 0 Å². The van der Waals surface area contributed by atoms with E-state index in [2.05, 4.69) is 31.2 Å². The van der Waals surface area contributed by atoms with E-state index in [0.29, 0.717) is 0 Å². The molecule has 3 rings (SSSR count). The average Bonchev–Trinajstić information content (AvgIpc) is 2.60. The Hall–Kier alpha value is -2.03. The molecule has 10 heteroatoms. The molecule has 0 aliphatic carbocycles. The molecule has 0 fully saturated rings. The summed E-state index contributed by atoms with van der Waals surface area (Å²) in [6.45, 7) is 1.76. The SMILES string of the molecule is C[C@H](N[C@@H](c1cccc2c1=NC(=O)C(=O)N=2)P(=O)(O)O)c1ccc(Br)cc1. The number of halogens is 1. The van der Waals surface area contributed by atoms with Crippen LogP contribution in [-0.4, -0.2) is 21.6 Å². The molecule has 0 saturated heterocycles. The zero-order valence-electron chi connectivity index (χ0n) is 14.0. The van der Waals surface area contributed by atoms with Crippen molar-refractivity contribution in [2.24, 2.45) is 9.98 Å². The second-order valence-electron chi connectivity index (χ2n) is 5.98. The second-order valence-corrected chi connectivity index (χ2v) is 8.59. The van der Waals surface area contributed by atoms with Gasteiger partial charge in [0.2, 0.25) is 0 Å². The molecular formula is C17H15BrN3O5P. The lowest BCUT2D eigenvalue weighted by molar-refractivity contribution is -0.135. The summed E-state index contributed by atoms with van der Waals surface area (Å²) < 4.78 is 13.1. The number of hydrogen-bond acceptors (Lipinski definition) is 4. The average molecular weight is 452 g/mol. The van der Waals surface area contributed by atoms with Crippen LogP contribution in [0.4, 0.5) is 0 Å². The van der Waals surface area contributed by atoms with E-state index < -0.39 is 31.2 Å². The Morgan fingerprint density at radius 2 is 1.67 bits per heavy atom. The highest BCUT2D eigenvalue weighted by atomic mass is 79.9. The maximum atomic E-state index is 12.2. The third-order valence-electron chi connectivity index (χ3n) is 4.07. The first-order chi connectivity index (χ1) is 12.7. The van der Waals surface area contributed by atoms with Crippen LogP contribution in [0.1, 0.15) is 29.9 Å². The number of amides is 2. The van der Waals surface area contributed by atoms with Crippen LogP contribution in [-0.2, 0) is 14.2 Å². The topological polar surface area (TPSA) is 128 Å². The summed E-state index contributed by atoms with van der Waals surface area (Å²) in [5.74, 6) is -3.50. The van der Waals surface area contributed by atoms with E-state index in [4.69, 9.17) is 0 Å². The number of hydrogen-bond donors (Lipinski definition) is 3. The number of fused-ring (bicyclic) bond motifs is 1. The van der Waals surface area contributed by atoms with Gasteiger partial charge in [-0.15, -0.1) is 0 Å². The summed E-state index contributed by atoms with van der Waals surface area (Å²) in [5, 5.41) is 3.01. The molecule has 2 atom stereocenters. The Morgan fingerprint density at radius 3 is 2.30 bits per heavy atom. The lowest BCUT2D eigenvalue weighted by Gasteiger charge is -2.25. The van der Waals surface area contributed by atoms with Crippen LogP contribution in [0.3, 0.4) is 0 Å². The fraction of sp³-hybridized carbons (Fsp3) is 0.176. The summed E-state index contributed by atoms with van der Waals surface area (Å²) in [6.07, 6.45) is 0. The predicted molar refractivity (Wildman–Crippen MR) is 99.2 cm³/mol. The summed E-state index contributed by atoms with van der Waals surface area (Å²) >= 11 is 3.34. The molecule has 0 spiro atoms. The van der Waals surface area contributed by atoms with Gasteiger partial charge >= 0.3 is 19.4 Å². The molecular weight excluding hydrogens is 437 g/mol. The van der Waals surface area contributed by atoms with Gasteiger partial charge < -0.3 is 9.79 Å². The highest BCUT2D eigenvalue weighted by Gasteiger charge is 2.34. The second kappa shape index (κ2) is 7.53. The van der Waals surface area contributed by atoms with Gasteiger partial charge in [0.1, 0.15) is 5.78 Å². The van der Waals surface area contributed by atoms with Crippen molar-refractivity contribution in [2.45, 2.75) is 18.7 Å². The Labute approximate surface area is 162 Å². The number of para-hydroxylation sites is 1.